The van der Waals surface area contributed by atoms with Crippen LogP contribution < -0.4 is 10.6 Å². The monoisotopic (exact) mass is 292 g/mol. The van der Waals surface area contributed by atoms with Gasteiger partial charge in [0.2, 0.25) is 5.95 Å². The van der Waals surface area contributed by atoms with Gasteiger partial charge in [-0.25, -0.2) is 13.8 Å². The molecular weight excluding hydrogens is 274 g/mol. The van der Waals surface area contributed by atoms with Crippen molar-refractivity contribution < 1.29 is 8.78 Å². The van der Waals surface area contributed by atoms with E-state index in [4.69, 9.17) is 0 Å². The normalized spacial score (nSPS) is 12.0. The molecular formula is C15H18F2N4. The van der Waals surface area contributed by atoms with Crippen LogP contribution in [-0.4, -0.2) is 16.5 Å². The number of benzene rings is 1. The van der Waals surface area contributed by atoms with Gasteiger partial charge >= 0.3 is 0 Å². The molecule has 4 nitrogen and oxygen atoms in total. The molecule has 0 aliphatic rings. The van der Waals surface area contributed by atoms with Gasteiger partial charge in [0.1, 0.15) is 5.82 Å². The van der Waals surface area contributed by atoms with Crippen molar-refractivity contribution in [1.82, 2.24) is 9.97 Å². The second kappa shape index (κ2) is 6.97. The number of rotatable bonds is 6. The third-order valence-electron chi connectivity index (χ3n) is 2.98. The van der Waals surface area contributed by atoms with Crippen LogP contribution in [0.15, 0.2) is 30.5 Å². The Morgan fingerprint density at radius 2 is 2.10 bits per heavy atom. The van der Waals surface area contributed by atoms with Crippen molar-refractivity contribution in [3.8, 4) is 0 Å². The molecule has 21 heavy (non-hydrogen) atoms. The van der Waals surface area contributed by atoms with Gasteiger partial charge < -0.3 is 10.6 Å². The fourth-order valence-electron chi connectivity index (χ4n) is 1.85. The minimum Gasteiger partial charge on any atom is -0.361 e. The van der Waals surface area contributed by atoms with Crippen LogP contribution in [0.5, 0.6) is 0 Å². The minimum atomic E-state index is -0.541. The second-order valence-corrected chi connectivity index (χ2v) is 4.74. The van der Waals surface area contributed by atoms with Crippen molar-refractivity contribution in [2.24, 2.45) is 0 Å². The van der Waals surface area contributed by atoms with Gasteiger partial charge in [-0.2, -0.15) is 4.98 Å². The first-order chi connectivity index (χ1) is 10.1. The van der Waals surface area contributed by atoms with Crippen LogP contribution in [-0.2, 0) is 0 Å². The zero-order chi connectivity index (χ0) is 15.2. The molecule has 0 bridgehead atoms. The molecule has 0 spiro atoms. The highest BCUT2D eigenvalue weighted by Gasteiger charge is 2.12. The van der Waals surface area contributed by atoms with Crippen molar-refractivity contribution in [3.05, 3.63) is 47.7 Å². The summed E-state index contributed by atoms with van der Waals surface area (Å²) in [6.07, 6.45) is 2.04. The van der Waals surface area contributed by atoms with E-state index in [9.17, 15) is 8.78 Å². The molecule has 0 aliphatic heterocycles. The van der Waals surface area contributed by atoms with Crippen LogP contribution in [0.4, 0.5) is 20.5 Å². The maximum absolute atomic E-state index is 13.8. The van der Waals surface area contributed by atoms with Crippen molar-refractivity contribution in [3.63, 3.8) is 0 Å². The Hall–Kier alpha value is -2.24. The van der Waals surface area contributed by atoms with Gasteiger partial charge in [-0.05, 0) is 31.0 Å². The minimum absolute atomic E-state index is 0.0976. The van der Waals surface area contributed by atoms with E-state index in [1.165, 1.54) is 12.1 Å². The highest BCUT2D eigenvalue weighted by atomic mass is 19.1. The number of aromatic nitrogens is 2. The molecule has 1 aromatic carbocycles. The number of anilines is 2. The molecule has 2 rings (SSSR count). The fourth-order valence-corrected chi connectivity index (χ4v) is 1.85. The van der Waals surface area contributed by atoms with Gasteiger partial charge in [0, 0.05) is 6.54 Å². The molecule has 0 aliphatic carbocycles. The summed E-state index contributed by atoms with van der Waals surface area (Å²) in [5.41, 5.74) is 0.719. The van der Waals surface area contributed by atoms with Crippen molar-refractivity contribution in [1.29, 1.82) is 0 Å². The van der Waals surface area contributed by atoms with Crippen LogP contribution in [0.1, 0.15) is 31.9 Å². The molecule has 1 aromatic heterocycles. The average Bonchev–Trinajstić information content (AvgIpc) is 2.48. The summed E-state index contributed by atoms with van der Waals surface area (Å²) in [6.45, 7) is 4.54. The smallest absolute Gasteiger partial charge is 0.224 e. The largest absolute Gasteiger partial charge is 0.361 e. The van der Waals surface area contributed by atoms with Gasteiger partial charge in [0.05, 0.1) is 12.2 Å². The summed E-state index contributed by atoms with van der Waals surface area (Å²) in [4.78, 5) is 7.97. The lowest BCUT2D eigenvalue weighted by Gasteiger charge is -2.16. The average molecular weight is 292 g/mol. The van der Waals surface area contributed by atoms with Gasteiger partial charge in [0.25, 0.3) is 0 Å². The zero-order valence-corrected chi connectivity index (χ0v) is 12.0. The Labute approximate surface area is 122 Å². The Kier molecular flexibility index (Phi) is 5.03. The highest BCUT2D eigenvalue weighted by Crippen LogP contribution is 2.21. The van der Waals surface area contributed by atoms with Crippen LogP contribution in [0.3, 0.4) is 0 Å². The summed E-state index contributed by atoms with van der Waals surface area (Å²) < 4.78 is 27.0. The maximum atomic E-state index is 13.8. The van der Waals surface area contributed by atoms with Crippen molar-refractivity contribution in [2.75, 3.05) is 17.2 Å². The summed E-state index contributed by atoms with van der Waals surface area (Å²) in [5.74, 6) is -0.400. The van der Waals surface area contributed by atoms with E-state index in [0.717, 1.165) is 18.2 Å². The van der Waals surface area contributed by atoms with E-state index in [-0.39, 0.29) is 17.7 Å². The zero-order valence-electron chi connectivity index (χ0n) is 12.0. The van der Waals surface area contributed by atoms with E-state index < -0.39 is 5.82 Å². The molecule has 0 saturated heterocycles. The Morgan fingerprint density at radius 1 is 1.29 bits per heavy atom. The Balaban J connectivity index is 2.14. The molecule has 6 heteroatoms. The Morgan fingerprint density at radius 3 is 2.81 bits per heavy atom. The van der Waals surface area contributed by atoms with E-state index in [1.54, 1.807) is 12.1 Å². The van der Waals surface area contributed by atoms with Gasteiger partial charge in [-0.15, -0.1) is 0 Å². The molecule has 0 fully saturated rings. The topological polar surface area (TPSA) is 49.8 Å². The second-order valence-electron chi connectivity index (χ2n) is 4.74. The van der Waals surface area contributed by atoms with Crippen LogP contribution >= 0.6 is 0 Å². The van der Waals surface area contributed by atoms with Gasteiger partial charge in [-0.1, -0.05) is 19.1 Å². The lowest BCUT2D eigenvalue weighted by molar-refractivity contribution is 0.612. The number of hydrogen-bond acceptors (Lipinski definition) is 4. The standard InChI is InChI=1S/C15H18F2N4/c1-3-7-18-15-19-9-13(17)14(21-15)20-10(2)11-5-4-6-12(16)8-11/h4-6,8-10H,3,7H2,1-2H3,(H2,18,19,20,21). The van der Waals surface area contributed by atoms with Crippen LogP contribution in [0, 0.1) is 11.6 Å². The fraction of sp³-hybridized carbons (Fsp3) is 0.333. The number of nitrogens with one attached hydrogen (secondary N) is 2. The predicted octanol–water partition coefficient (Wildman–Crippen LogP) is 3.75. The Bertz CT molecular complexity index is 604. The van der Waals surface area contributed by atoms with E-state index in [2.05, 4.69) is 20.6 Å². The molecule has 1 atom stereocenters. The SMILES string of the molecule is CCCNc1ncc(F)c(NC(C)c2cccc(F)c2)n1. The molecule has 2 N–H and O–H groups in total. The first-order valence-corrected chi connectivity index (χ1v) is 6.88. The molecule has 1 unspecified atom stereocenters. The molecule has 1 heterocycles. The maximum Gasteiger partial charge on any atom is 0.224 e. The summed E-state index contributed by atoms with van der Waals surface area (Å²) in [6, 6.07) is 5.90. The van der Waals surface area contributed by atoms with Gasteiger partial charge in [-0.3, -0.25) is 0 Å². The van der Waals surface area contributed by atoms with Crippen molar-refractivity contribution in [2.45, 2.75) is 26.3 Å². The van der Waals surface area contributed by atoms with Crippen LogP contribution in [0.25, 0.3) is 0 Å². The summed E-state index contributed by atoms with van der Waals surface area (Å²) in [5, 5.41) is 5.93. The molecule has 2 aromatic rings. The van der Waals surface area contributed by atoms with Gasteiger partial charge in [0.15, 0.2) is 11.6 Å². The third-order valence-corrected chi connectivity index (χ3v) is 2.98. The highest BCUT2D eigenvalue weighted by molar-refractivity contribution is 5.43. The first-order valence-electron chi connectivity index (χ1n) is 6.88. The quantitative estimate of drug-likeness (QED) is 0.851. The molecule has 0 saturated carbocycles. The third kappa shape index (κ3) is 4.11. The molecule has 0 amide bonds. The number of halogens is 2. The lowest BCUT2D eigenvalue weighted by Crippen LogP contribution is -2.12. The summed E-state index contributed by atoms with van der Waals surface area (Å²) in [7, 11) is 0. The first kappa shape index (κ1) is 15.2. The van der Waals surface area contributed by atoms with E-state index in [0.29, 0.717) is 12.5 Å². The van der Waals surface area contributed by atoms with Crippen LogP contribution in [0.2, 0.25) is 0 Å². The van der Waals surface area contributed by atoms with E-state index in [1.807, 2.05) is 13.8 Å². The van der Waals surface area contributed by atoms with E-state index >= 15 is 0 Å². The van der Waals surface area contributed by atoms with Crippen molar-refractivity contribution >= 4 is 11.8 Å². The number of hydrogen-bond donors (Lipinski definition) is 2. The lowest BCUT2D eigenvalue weighted by atomic mass is 10.1. The summed E-state index contributed by atoms with van der Waals surface area (Å²) >= 11 is 0. The molecule has 0 radical (unpaired) electrons. The number of nitrogens with zero attached hydrogens (tertiary/aromatic N) is 2. The molecule has 112 valence electrons. The predicted molar refractivity (Wildman–Crippen MR) is 79.2 cm³/mol.